The van der Waals surface area contributed by atoms with Crippen molar-refractivity contribution >= 4 is 11.7 Å². The number of carbonyl (C=O) groups is 1. The molecule has 0 spiro atoms. The van der Waals surface area contributed by atoms with Gasteiger partial charge in [-0.05, 0) is 12.5 Å². The normalized spacial score (nSPS) is 11.4. The van der Waals surface area contributed by atoms with Crippen LogP contribution in [0.2, 0.25) is 0 Å². The molecule has 108 valence electrons. The van der Waals surface area contributed by atoms with E-state index in [4.69, 9.17) is 5.11 Å². The highest BCUT2D eigenvalue weighted by Crippen LogP contribution is 2.20. The van der Waals surface area contributed by atoms with Gasteiger partial charge in [0.1, 0.15) is 6.33 Å². The number of carboxylic acid groups (broad SMARTS) is 1. The van der Waals surface area contributed by atoms with Gasteiger partial charge in [-0.2, -0.15) is 5.10 Å². The first-order valence-electron chi connectivity index (χ1n) is 6.00. The standard InChI is InChI=1S/C13H12N4O4/c1-9(5-12(18)19)7-16-8-14-13(15-16)10-3-2-4-11(6-10)17(20)21/h2-6,8H,7H2,1H3,(H,18,19)/b9-5-. The van der Waals surface area contributed by atoms with Gasteiger partial charge in [0.2, 0.25) is 0 Å². The van der Waals surface area contributed by atoms with Crippen molar-refractivity contribution in [3.8, 4) is 11.4 Å². The van der Waals surface area contributed by atoms with E-state index in [1.54, 1.807) is 19.1 Å². The molecule has 1 aromatic carbocycles. The van der Waals surface area contributed by atoms with Gasteiger partial charge in [0.15, 0.2) is 5.82 Å². The Morgan fingerprint density at radius 1 is 1.52 bits per heavy atom. The van der Waals surface area contributed by atoms with Crippen LogP contribution in [0.4, 0.5) is 5.69 Å². The minimum atomic E-state index is -1.02. The first-order valence-corrected chi connectivity index (χ1v) is 6.00. The lowest BCUT2D eigenvalue weighted by Crippen LogP contribution is -2.02. The summed E-state index contributed by atoms with van der Waals surface area (Å²) in [6.07, 6.45) is 2.54. The minimum absolute atomic E-state index is 0.0363. The second-order valence-electron chi connectivity index (χ2n) is 4.40. The van der Waals surface area contributed by atoms with Crippen LogP contribution >= 0.6 is 0 Å². The number of hydrogen-bond donors (Lipinski definition) is 1. The third-order valence-electron chi connectivity index (χ3n) is 2.63. The van der Waals surface area contributed by atoms with Crippen LogP contribution in [0.15, 0.2) is 42.2 Å². The molecule has 1 aromatic heterocycles. The molecule has 0 unspecified atom stereocenters. The quantitative estimate of drug-likeness (QED) is 0.511. The van der Waals surface area contributed by atoms with Crippen LogP contribution in [0.3, 0.4) is 0 Å². The van der Waals surface area contributed by atoms with E-state index in [-0.39, 0.29) is 12.2 Å². The van der Waals surface area contributed by atoms with Gasteiger partial charge in [-0.3, -0.25) is 10.1 Å². The van der Waals surface area contributed by atoms with Gasteiger partial charge in [0.25, 0.3) is 5.69 Å². The summed E-state index contributed by atoms with van der Waals surface area (Å²) >= 11 is 0. The van der Waals surface area contributed by atoms with E-state index in [2.05, 4.69) is 10.1 Å². The Morgan fingerprint density at radius 3 is 2.95 bits per heavy atom. The summed E-state index contributed by atoms with van der Waals surface area (Å²) in [5.41, 5.74) is 1.10. The second kappa shape index (κ2) is 5.95. The highest BCUT2D eigenvalue weighted by Gasteiger charge is 2.10. The maximum atomic E-state index is 10.7. The Labute approximate surface area is 119 Å². The third-order valence-corrected chi connectivity index (χ3v) is 2.63. The summed E-state index contributed by atoms with van der Waals surface area (Å²) in [7, 11) is 0. The number of nitro groups is 1. The van der Waals surface area contributed by atoms with Crippen LogP contribution in [-0.2, 0) is 11.3 Å². The van der Waals surface area contributed by atoms with Crippen molar-refractivity contribution in [1.29, 1.82) is 0 Å². The van der Waals surface area contributed by atoms with E-state index in [1.807, 2.05) is 0 Å². The van der Waals surface area contributed by atoms with Gasteiger partial charge in [0.05, 0.1) is 11.5 Å². The Hall–Kier alpha value is -3.03. The maximum Gasteiger partial charge on any atom is 0.328 e. The van der Waals surface area contributed by atoms with E-state index in [0.717, 1.165) is 6.08 Å². The van der Waals surface area contributed by atoms with Crippen LogP contribution in [-0.4, -0.2) is 30.8 Å². The molecule has 0 saturated heterocycles. The molecule has 0 saturated carbocycles. The van der Waals surface area contributed by atoms with Crippen LogP contribution < -0.4 is 0 Å². The molecule has 2 rings (SSSR count). The van der Waals surface area contributed by atoms with Gasteiger partial charge >= 0.3 is 5.97 Å². The predicted molar refractivity (Wildman–Crippen MR) is 73.5 cm³/mol. The molecular weight excluding hydrogens is 276 g/mol. The van der Waals surface area contributed by atoms with Gasteiger partial charge in [-0.25, -0.2) is 14.5 Å². The Morgan fingerprint density at radius 2 is 2.29 bits per heavy atom. The minimum Gasteiger partial charge on any atom is -0.478 e. The number of nitrogens with zero attached hydrogens (tertiary/aromatic N) is 4. The zero-order valence-electron chi connectivity index (χ0n) is 11.1. The lowest BCUT2D eigenvalue weighted by molar-refractivity contribution is -0.384. The number of non-ortho nitro benzene ring substituents is 1. The van der Waals surface area contributed by atoms with E-state index in [0.29, 0.717) is 17.0 Å². The third kappa shape index (κ3) is 3.72. The Balaban J connectivity index is 2.22. The second-order valence-corrected chi connectivity index (χ2v) is 4.40. The number of nitro benzene ring substituents is 1. The lowest BCUT2D eigenvalue weighted by Gasteiger charge is -1.99. The SMILES string of the molecule is C/C(=C/C(=O)O)Cn1cnc(-c2cccc([N+](=O)[O-])c2)n1. The number of rotatable bonds is 5. The molecule has 0 radical (unpaired) electrons. The van der Waals surface area contributed by atoms with Crippen LogP contribution in [0.5, 0.6) is 0 Å². The van der Waals surface area contributed by atoms with E-state index in [9.17, 15) is 14.9 Å². The van der Waals surface area contributed by atoms with E-state index >= 15 is 0 Å². The number of aromatic nitrogens is 3. The van der Waals surface area contributed by atoms with Crippen molar-refractivity contribution in [3.63, 3.8) is 0 Å². The molecule has 21 heavy (non-hydrogen) atoms. The molecule has 2 aromatic rings. The highest BCUT2D eigenvalue weighted by molar-refractivity contribution is 5.80. The number of hydrogen-bond acceptors (Lipinski definition) is 5. The van der Waals surface area contributed by atoms with E-state index < -0.39 is 10.9 Å². The first-order chi connectivity index (χ1) is 9.95. The molecule has 0 atom stereocenters. The Bertz CT molecular complexity index is 720. The molecule has 0 aliphatic heterocycles. The Kier molecular flexibility index (Phi) is 4.07. The summed E-state index contributed by atoms with van der Waals surface area (Å²) in [6.45, 7) is 1.96. The monoisotopic (exact) mass is 288 g/mol. The average molecular weight is 288 g/mol. The molecule has 8 nitrogen and oxygen atoms in total. The summed E-state index contributed by atoms with van der Waals surface area (Å²) in [5.74, 6) is -0.673. The molecule has 0 bridgehead atoms. The zero-order valence-corrected chi connectivity index (χ0v) is 11.1. The topological polar surface area (TPSA) is 111 Å². The van der Waals surface area contributed by atoms with Crippen molar-refractivity contribution in [2.45, 2.75) is 13.5 Å². The molecule has 0 amide bonds. The molecule has 1 N–H and O–H groups in total. The van der Waals surface area contributed by atoms with Gasteiger partial charge in [-0.15, -0.1) is 0 Å². The molecule has 0 aliphatic carbocycles. The first kappa shape index (κ1) is 14.4. The molecule has 0 aliphatic rings. The van der Waals surface area contributed by atoms with E-state index in [1.165, 1.54) is 23.1 Å². The number of carboxylic acids is 1. The summed E-state index contributed by atoms with van der Waals surface area (Å²) in [4.78, 5) is 24.9. The summed E-state index contributed by atoms with van der Waals surface area (Å²) in [6, 6.07) is 6.01. The number of aliphatic carboxylic acids is 1. The highest BCUT2D eigenvalue weighted by atomic mass is 16.6. The summed E-state index contributed by atoms with van der Waals surface area (Å²) in [5, 5.41) is 23.6. The molecule has 8 heteroatoms. The fourth-order valence-corrected chi connectivity index (χ4v) is 1.77. The van der Waals surface area contributed by atoms with Gasteiger partial charge in [-0.1, -0.05) is 12.1 Å². The van der Waals surface area contributed by atoms with Crippen molar-refractivity contribution in [2.75, 3.05) is 0 Å². The number of benzene rings is 1. The fraction of sp³-hybridized carbons (Fsp3) is 0.154. The molecular formula is C13H12N4O4. The van der Waals surface area contributed by atoms with Crippen LogP contribution in [0.1, 0.15) is 6.92 Å². The summed E-state index contributed by atoms with van der Waals surface area (Å²) < 4.78 is 1.48. The van der Waals surface area contributed by atoms with Crippen LogP contribution in [0.25, 0.3) is 11.4 Å². The van der Waals surface area contributed by atoms with Crippen molar-refractivity contribution in [1.82, 2.24) is 14.8 Å². The predicted octanol–water partition coefficient (Wildman–Crippen LogP) is 1.88. The molecule has 1 heterocycles. The maximum absolute atomic E-state index is 10.7. The van der Waals surface area contributed by atoms with Crippen molar-refractivity contribution in [3.05, 3.63) is 52.4 Å². The zero-order chi connectivity index (χ0) is 15.4. The fourth-order valence-electron chi connectivity index (χ4n) is 1.77. The van der Waals surface area contributed by atoms with Gasteiger partial charge in [0, 0.05) is 23.8 Å². The van der Waals surface area contributed by atoms with Crippen molar-refractivity contribution < 1.29 is 14.8 Å². The molecule has 0 fully saturated rings. The smallest absolute Gasteiger partial charge is 0.328 e. The largest absolute Gasteiger partial charge is 0.478 e. The van der Waals surface area contributed by atoms with Gasteiger partial charge < -0.3 is 5.11 Å². The average Bonchev–Trinajstić information content (AvgIpc) is 2.86. The van der Waals surface area contributed by atoms with Crippen molar-refractivity contribution in [2.24, 2.45) is 0 Å². The van der Waals surface area contributed by atoms with Crippen LogP contribution in [0, 0.1) is 10.1 Å². The lowest BCUT2D eigenvalue weighted by atomic mass is 10.2. The number of allylic oxidation sites excluding steroid dienone is 1.